The second-order valence-corrected chi connectivity index (χ2v) is 9.29. The maximum atomic E-state index is 12.5. The zero-order valence-electron chi connectivity index (χ0n) is 19.0. The van der Waals surface area contributed by atoms with Crippen LogP contribution in [0.15, 0.2) is 47.8 Å². The molecule has 7 nitrogen and oxygen atoms in total. The van der Waals surface area contributed by atoms with E-state index in [0.29, 0.717) is 16.4 Å². The number of hydrogen-bond donors (Lipinski definition) is 1. The van der Waals surface area contributed by atoms with Gasteiger partial charge in [0.15, 0.2) is 10.9 Å². The third-order valence-corrected chi connectivity index (χ3v) is 6.66. The number of methoxy groups -OCH3 is 1. The SMILES string of the molecule is COc1ccccc1C(=O)CCC(=O)Nc1nc(-c2ccc3c(c2)C(C)(C)C(=O)N3C)cs1. The number of nitrogens with one attached hydrogen (secondary N) is 1. The van der Waals surface area contributed by atoms with Crippen LogP contribution >= 0.6 is 11.3 Å². The van der Waals surface area contributed by atoms with Crippen LogP contribution in [0, 0.1) is 0 Å². The summed E-state index contributed by atoms with van der Waals surface area (Å²) in [5.74, 6) is 0.130. The first-order chi connectivity index (χ1) is 15.7. The van der Waals surface area contributed by atoms with Crippen molar-refractivity contribution in [1.82, 2.24) is 4.98 Å². The maximum absolute atomic E-state index is 12.5. The van der Waals surface area contributed by atoms with E-state index in [9.17, 15) is 14.4 Å². The third-order valence-electron chi connectivity index (χ3n) is 5.90. The van der Waals surface area contributed by atoms with E-state index in [1.165, 1.54) is 18.4 Å². The van der Waals surface area contributed by atoms with E-state index in [1.54, 1.807) is 36.2 Å². The average Bonchev–Trinajstić information content (AvgIpc) is 3.35. The second-order valence-electron chi connectivity index (χ2n) is 8.43. The molecule has 0 aliphatic carbocycles. The van der Waals surface area contributed by atoms with E-state index in [1.807, 2.05) is 37.4 Å². The highest BCUT2D eigenvalue weighted by atomic mass is 32.1. The molecule has 0 bridgehead atoms. The normalized spacial score (nSPS) is 14.2. The molecule has 170 valence electrons. The number of anilines is 2. The molecule has 0 spiro atoms. The van der Waals surface area contributed by atoms with Crippen molar-refractivity contribution in [3.8, 4) is 17.0 Å². The molecule has 2 amide bonds. The summed E-state index contributed by atoms with van der Waals surface area (Å²) >= 11 is 1.32. The molecule has 1 N–H and O–H groups in total. The fourth-order valence-corrected chi connectivity index (χ4v) is 4.75. The summed E-state index contributed by atoms with van der Waals surface area (Å²) in [6.07, 6.45) is 0.124. The van der Waals surface area contributed by atoms with Crippen LogP contribution in [-0.4, -0.2) is 36.7 Å². The lowest BCUT2D eigenvalue weighted by atomic mass is 9.85. The van der Waals surface area contributed by atoms with Crippen LogP contribution in [0.5, 0.6) is 5.75 Å². The fraction of sp³-hybridized carbons (Fsp3) is 0.280. The quantitative estimate of drug-likeness (QED) is 0.514. The van der Waals surface area contributed by atoms with Gasteiger partial charge in [-0.15, -0.1) is 11.3 Å². The van der Waals surface area contributed by atoms with Gasteiger partial charge in [-0.25, -0.2) is 4.98 Å². The van der Waals surface area contributed by atoms with Crippen molar-refractivity contribution >= 4 is 39.8 Å². The Morgan fingerprint density at radius 2 is 1.91 bits per heavy atom. The number of para-hydroxylation sites is 1. The second kappa shape index (κ2) is 8.78. The van der Waals surface area contributed by atoms with Gasteiger partial charge in [0.25, 0.3) is 0 Å². The lowest BCUT2D eigenvalue weighted by Gasteiger charge is -2.16. The fourth-order valence-electron chi connectivity index (χ4n) is 4.01. The molecule has 1 aliphatic rings. The number of nitrogens with zero attached hydrogens (tertiary/aromatic N) is 2. The van der Waals surface area contributed by atoms with Crippen LogP contribution in [-0.2, 0) is 15.0 Å². The highest BCUT2D eigenvalue weighted by molar-refractivity contribution is 7.14. The third kappa shape index (κ3) is 4.26. The van der Waals surface area contributed by atoms with E-state index in [2.05, 4.69) is 10.3 Å². The predicted molar refractivity (Wildman–Crippen MR) is 129 cm³/mol. The number of carbonyl (C=O) groups is 3. The van der Waals surface area contributed by atoms with E-state index < -0.39 is 5.41 Å². The number of carbonyl (C=O) groups excluding carboxylic acids is 3. The zero-order valence-corrected chi connectivity index (χ0v) is 19.8. The first-order valence-corrected chi connectivity index (χ1v) is 11.4. The molecule has 3 aromatic rings. The number of benzene rings is 2. The van der Waals surface area contributed by atoms with Crippen molar-refractivity contribution < 1.29 is 19.1 Å². The molecule has 4 rings (SSSR count). The van der Waals surface area contributed by atoms with Crippen LogP contribution < -0.4 is 15.0 Å². The van der Waals surface area contributed by atoms with Crippen LogP contribution in [0.2, 0.25) is 0 Å². The minimum absolute atomic E-state index is 0.0489. The van der Waals surface area contributed by atoms with Gasteiger partial charge in [-0.3, -0.25) is 14.4 Å². The Labute approximate surface area is 196 Å². The Hall–Kier alpha value is -3.52. The molecule has 33 heavy (non-hydrogen) atoms. The van der Waals surface area contributed by atoms with Gasteiger partial charge < -0.3 is 15.0 Å². The molecule has 8 heteroatoms. The van der Waals surface area contributed by atoms with Gasteiger partial charge in [-0.2, -0.15) is 0 Å². The Morgan fingerprint density at radius 1 is 1.15 bits per heavy atom. The number of ether oxygens (including phenoxy) is 1. The molecule has 2 heterocycles. The summed E-state index contributed by atoms with van der Waals surface area (Å²) in [6, 6.07) is 12.8. The number of amides is 2. The monoisotopic (exact) mass is 463 g/mol. The van der Waals surface area contributed by atoms with Crippen molar-refractivity contribution in [3.63, 3.8) is 0 Å². The van der Waals surface area contributed by atoms with E-state index in [0.717, 1.165) is 22.5 Å². The maximum Gasteiger partial charge on any atom is 0.236 e. The van der Waals surface area contributed by atoms with Gasteiger partial charge >= 0.3 is 0 Å². The summed E-state index contributed by atoms with van der Waals surface area (Å²) in [5, 5.41) is 5.10. The number of aromatic nitrogens is 1. The molecule has 0 fully saturated rings. The van der Waals surface area contributed by atoms with Crippen molar-refractivity contribution in [3.05, 3.63) is 59.0 Å². The van der Waals surface area contributed by atoms with Gasteiger partial charge in [0.2, 0.25) is 11.8 Å². The number of Topliss-reactive ketones (excluding diaryl/α,β-unsaturated/α-hetero) is 1. The van der Waals surface area contributed by atoms with E-state index in [4.69, 9.17) is 4.74 Å². The van der Waals surface area contributed by atoms with Crippen LogP contribution in [0.3, 0.4) is 0 Å². The number of thiazole rings is 1. The highest BCUT2D eigenvalue weighted by Crippen LogP contribution is 2.42. The molecule has 0 atom stereocenters. The Bertz CT molecular complexity index is 1250. The molecular formula is C25H25N3O4S. The van der Waals surface area contributed by atoms with Crippen LogP contribution in [0.4, 0.5) is 10.8 Å². The smallest absolute Gasteiger partial charge is 0.236 e. The number of ketones is 1. The number of rotatable bonds is 7. The Balaban J connectivity index is 1.41. The molecule has 0 saturated heterocycles. The topological polar surface area (TPSA) is 88.6 Å². The molecule has 2 aromatic carbocycles. The summed E-state index contributed by atoms with van der Waals surface area (Å²) in [6.45, 7) is 3.83. The number of fused-ring (bicyclic) bond motifs is 1. The molecule has 0 radical (unpaired) electrons. The van der Waals surface area contributed by atoms with Crippen molar-refractivity contribution in [1.29, 1.82) is 0 Å². The summed E-state index contributed by atoms with van der Waals surface area (Å²) in [7, 11) is 3.29. The van der Waals surface area contributed by atoms with E-state index in [-0.39, 0.29) is 30.4 Å². The zero-order chi connectivity index (χ0) is 23.8. The largest absolute Gasteiger partial charge is 0.496 e. The van der Waals surface area contributed by atoms with Gasteiger partial charge in [0.05, 0.1) is 23.8 Å². The first kappa shape index (κ1) is 22.7. The standard InChI is InChI=1S/C25H25N3O4S/c1-25(2)17-13-15(9-10-19(17)28(3)23(25)31)18-14-33-24(26-18)27-22(30)12-11-20(29)16-7-5-6-8-21(16)32-4/h5-10,13-14H,11-12H2,1-4H3,(H,26,27,30). The van der Waals surface area contributed by atoms with Gasteiger partial charge in [-0.05, 0) is 43.7 Å². The lowest BCUT2D eigenvalue weighted by Crippen LogP contribution is -2.33. The van der Waals surface area contributed by atoms with Crippen molar-refractivity contribution in [2.45, 2.75) is 32.1 Å². The minimum Gasteiger partial charge on any atom is -0.496 e. The predicted octanol–water partition coefficient (Wildman–Crippen LogP) is 4.67. The highest BCUT2D eigenvalue weighted by Gasteiger charge is 2.42. The average molecular weight is 464 g/mol. The van der Waals surface area contributed by atoms with Crippen LogP contribution in [0.1, 0.15) is 42.6 Å². The van der Waals surface area contributed by atoms with Crippen molar-refractivity contribution in [2.75, 3.05) is 24.4 Å². The molecular weight excluding hydrogens is 438 g/mol. The van der Waals surface area contributed by atoms with Gasteiger partial charge in [-0.1, -0.05) is 18.2 Å². The molecule has 0 saturated carbocycles. The molecule has 1 aliphatic heterocycles. The molecule has 1 aromatic heterocycles. The van der Waals surface area contributed by atoms with Gasteiger partial charge in [0.1, 0.15) is 5.75 Å². The number of hydrogen-bond acceptors (Lipinski definition) is 6. The number of likely N-dealkylation sites (N-methyl/N-ethyl adjacent to an activating group) is 1. The van der Waals surface area contributed by atoms with E-state index >= 15 is 0 Å². The van der Waals surface area contributed by atoms with Gasteiger partial charge in [0, 0.05) is 36.5 Å². The lowest BCUT2D eigenvalue weighted by molar-refractivity contribution is -0.121. The molecule has 0 unspecified atom stereocenters. The minimum atomic E-state index is -0.596. The summed E-state index contributed by atoms with van der Waals surface area (Å²) in [5.41, 5.74) is 3.33. The van der Waals surface area contributed by atoms with Crippen LogP contribution in [0.25, 0.3) is 11.3 Å². The van der Waals surface area contributed by atoms with Crippen molar-refractivity contribution in [2.24, 2.45) is 0 Å². The summed E-state index contributed by atoms with van der Waals surface area (Å²) < 4.78 is 5.22. The Morgan fingerprint density at radius 3 is 2.67 bits per heavy atom. The Kier molecular flexibility index (Phi) is 6.03. The summed E-state index contributed by atoms with van der Waals surface area (Å²) in [4.78, 5) is 43.6. The first-order valence-electron chi connectivity index (χ1n) is 10.6.